The number of para-hydroxylation sites is 3. The molecule has 238 valence electrons. The van der Waals surface area contributed by atoms with Gasteiger partial charge >= 0.3 is 0 Å². The molecular formula is C46H28N4O. The molecule has 0 amide bonds. The molecule has 51 heavy (non-hydrogen) atoms. The summed E-state index contributed by atoms with van der Waals surface area (Å²) in [5.41, 5.74) is 11.0. The van der Waals surface area contributed by atoms with Gasteiger partial charge in [0.05, 0.1) is 33.1 Å². The van der Waals surface area contributed by atoms with Gasteiger partial charge in [0, 0.05) is 55.5 Å². The van der Waals surface area contributed by atoms with E-state index in [-0.39, 0.29) is 0 Å². The largest absolute Gasteiger partial charge is 0.437 e. The number of hydrogen-bond acceptors (Lipinski definition) is 3. The van der Waals surface area contributed by atoms with Crippen molar-refractivity contribution in [2.45, 2.75) is 0 Å². The molecule has 0 atom stereocenters. The third-order valence-electron chi connectivity index (χ3n) is 10.1. The third kappa shape index (κ3) is 4.15. The van der Waals surface area contributed by atoms with Gasteiger partial charge in [-0.25, -0.2) is 4.98 Å². The van der Waals surface area contributed by atoms with Gasteiger partial charge in [-0.15, -0.1) is 0 Å². The van der Waals surface area contributed by atoms with Crippen LogP contribution in [0.4, 0.5) is 0 Å². The quantitative estimate of drug-likeness (QED) is 0.190. The summed E-state index contributed by atoms with van der Waals surface area (Å²) in [5.74, 6) is 0.639. The fraction of sp³-hybridized carbons (Fsp3) is 0. The minimum absolute atomic E-state index is 0.576. The van der Waals surface area contributed by atoms with Crippen molar-refractivity contribution in [2.75, 3.05) is 0 Å². The number of benzene rings is 7. The zero-order valence-electron chi connectivity index (χ0n) is 27.4. The highest BCUT2D eigenvalue weighted by atomic mass is 16.3. The Hall–Kier alpha value is -6.98. The molecule has 5 nitrogen and oxygen atoms in total. The molecule has 0 fully saturated rings. The second-order valence-corrected chi connectivity index (χ2v) is 13.0. The van der Waals surface area contributed by atoms with E-state index >= 15 is 0 Å². The van der Waals surface area contributed by atoms with Gasteiger partial charge in [0.15, 0.2) is 5.82 Å². The van der Waals surface area contributed by atoms with Crippen LogP contribution in [0.15, 0.2) is 174 Å². The molecule has 0 saturated heterocycles. The highest BCUT2D eigenvalue weighted by Gasteiger charge is 2.22. The van der Waals surface area contributed by atoms with E-state index in [0.717, 1.165) is 66.4 Å². The molecule has 0 aliphatic carbocycles. The highest BCUT2D eigenvalue weighted by molar-refractivity contribution is 6.20. The topological polar surface area (TPSA) is 48.8 Å². The summed E-state index contributed by atoms with van der Waals surface area (Å²) < 4.78 is 11.4. The second-order valence-electron chi connectivity index (χ2n) is 13.0. The minimum atomic E-state index is 0.576. The summed E-state index contributed by atoms with van der Waals surface area (Å²) in [7, 11) is 0. The van der Waals surface area contributed by atoms with Crippen LogP contribution in [0.1, 0.15) is 0 Å². The smallest absolute Gasteiger partial charge is 0.231 e. The second kappa shape index (κ2) is 10.8. The molecule has 4 heterocycles. The Labute approximate surface area is 292 Å². The molecular weight excluding hydrogens is 625 g/mol. The lowest BCUT2D eigenvalue weighted by molar-refractivity contribution is 0.654. The van der Waals surface area contributed by atoms with E-state index < -0.39 is 0 Å². The number of fused-ring (bicyclic) bond motifs is 9. The molecule has 0 unspecified atom stereocenters. The molecule has 0 aliphatic heterocycles. The van der Waals surface area contributed by atoms with Gasteiger partial charge < -0.3 is 13.6 Å². The van der Waals surface area contributed by atoms with Gasteiger partial charge in [-0.1, -0.05) is 115 Å². The van der Waals surface area contributed by atoms with Crippen LogP contribution in [0.25, 0.3) is 99.7 Å². The predicted molar refractivity (Wildman–Crippen MR) is 209 cm³/mol. The lowest BCUT2D eigenvalue weighted by Crippen LogP contribution is -1.95. The van der Waals surface area contributed by atoms with Crippen molar-refractivity contribution in [3.8, 4) is 34.0 Å². The number of hydrogen-bond donors (Lipinski definition) is 0. The zero-order chi connectivity index (χ0) is 33.5. The number of aromatic nitrogens is 4. The van der Waals surface area contributed by atoms with Crippen LogP contribution < -0.4 is 0 Å². The van der Waals surface area contributed by atoms with Crippen LogP contribution in [0, 0.1) is 0 Å². The predicted octanol–water partition coefficient (Wildman–Crippen LogP) is 11.9. The van der Waals surface area contributed by atoms with E-state index in [1.165, 1.54) is 21.8 Å². The maximum Gasteiger partial charge on any atom is 0.231 e. The summed E-state index contributed by atoms with van der Waals surface area (Å²) in [6.07, 6.45) is 0. The fourth-order valence-corrected chi connectivity index (χ4v) is 7.89. The Morgan fingerprint density at radius 3 is 1.67 bits per heavy atom. The van der Waals surface area contributed by atoms with Crippen molar-refractivity contribution in [1.29, 1.82) is 0 Å². The molecule has 0 bridgehead atoms. The van der Waals surface area contributed by atoms with Crippen LogP contribution in [-0.4, -0.2) is 19.1 Å². The summed E-state index contributed by atoms with van der Waals surface area (Å²) in [5, 5.41) is 6.69. The first-order valence-corrected chi connectivity index (χ1v) is 17.2. The number of furan rings is 1. The number of nitrogens with zero attached hydrogens (tertiary/aromatic N) is 4. The highest BCUT2D eigenvalue weighted by Crippen LogP contribution is 2.42. The molecule has 0 spiro atoms. The first-order valence-electron chi connectivity index (χ1n) is 17.2. The van der Waals surface area contributed by atoms with Crippen LogP contribution in [0.3, 0.4) is 0 Å². The van der Waals surface area contributed by atoms with Gasteiger partial charge in [-0.05, 0) is 48.5 Å². The average molecular weight is 653 g/mol. The summed E-state index contributed by atoms with van der Waals surface area (Å²) in [4.78, 5) is 10.2. The summed E-state index contributed by atoms with van der Waals surface area (Å²) in [6, 6.07) is 59.6. The van der Waals surface area contributed by atoms with Gasteiger partial charge in [0.1, 0.15) is 5.58 Å². The fourth-order valence-electron chi connectivity index (χ4n) is 7.89. The lowest BCUT2D eigenvalue weighted by atomic mass is 10.0. The monoisotopic (exact) mass is 652 g/mol. The molecule has 0 N–H and O–H groups in total. The van der Waals surface area contributed by atoms with E-state index in [1.54, 1.807) is 0 Å². The first-order chi connectivity index (χ1) is 25.3. The van der Waals surface area contributed by atoms with Gasteiger partial charge in [0.2, 0.25) is 5.71 Å². The van der Waals surface area contributed by atoms with Gasteiger partial charge in [0.25, 0.3) is 0 Å². The zero-order valence-corrected chi connectivity index (χ0v) is 27.4. The van der Waals surface area contributed by atoms with E-state index in [4.69, 9.17) is 14.4 Å². The summed E-state index contributed by atoms with van der Waals surface area (Å²) >= 11 is 0. The molecule has 0 saturated carbocycles. The SMILES string of the molecule is c1ccc(-c2nc(-c3ccccc3)c3c(n2)oc2cc4c(cc23)c2cc(-n3c5ccccc5c5ccccc53)ccc2n4-c2ccccc2)cc1. The Morgan fingerprint density at radius 1 is 0.392 bits per heavy atom. The standard InChI is InChI=1S/C46H28N4O/c1-4-14-29(15-5-1)44-43-37-27-36-35-26-32(50-38-22-12-10-20-33(38)34-21-11-13-23-39(34)50)24-25-40(35)49(31-18-8-3-9-19-31)41(36)28-42(37)51-46(43)48-45(47-44)30-16-6-2-7-17-30/h1-28H. The van der Waals surface area contributed by atoms with E-state index in [9.17, 15) is 0 Å². The van der Waals surface area contributed by atoms with E-state index in [0.29, 0.717) is 11.5 Å². The Morgan fingerprint density at radius 2 is 0.961 bits per heavy atom. The molecule has 11 aromatic rings. The van der Waals surface area contributed by atoms with Crippen molar-refractivity contribution >= 4 is 65.7 Å². The molecule has 4 aromatic heterocycles. The number of rotatable bonds is 4. The van der Waals surface area contributed by atoms with Crippen LogP contribution in [-0.2, 0) is 0 Å². The van der Waals surface area contributed by atoms with Crippen LogP contribution >= 0.6 is 0 Å². The minimum Gasteiger partial charge on any atom is -0.437 e. The molecule has 0 radical (unpaired) electrons. The molecule has 0 aliphatic rings. The Kier molecular flexibility index (Phi) is 5.89. The van der Waals surface area contributed by atoms with Crippen molar-refractivity contribution in [3.63, 3.8) is 0 Å². The van der Waals surface area contributed by atoms with Crippen LogP contribution in [0.2, 0.25) is 0 Å². The van der Waals surface area contributed by atoms with Crippen molar-refractivity contribution < 1.29 is 4.42 Å². The first kappa shape index (κ1) is 27.9. The molecule has 7 aromatic carbocycles. The Bertz CT molecular complexity index is 3070. The van der Waals surface area contributed by atoms with E-state index in [2.05, 4.69) is 143 Å². The lowest BCUT2D eigenvalue weighted by Gasteiger charge is -2.10. The van der Waals surface area contributed by atoms with Crippen molar-refractivity contribution in [3.05, 3.63) is 170 Å². The molecule has 11 rings (SSSR count). The summed E-state index contributed by atoms with van der Waals surface area (Å²) in [6.45, 7) is 0. The van der Waals surface area contributed by atoms with Crippen molar-refractivity contribution in [2.24, 2.45) is 0 Å². The van der Waals surface area contributed by atoms with Gasteiger partial charge in [-0.3, -0.25) is 0 Å². The maximum atomic E-state index is 6.68. The normalized spacial score (nSPS) is 11.9. The van der Waals surface area contributed by atoms with Crippen molar-refractivity contribution in [1.82, 2.24) is 19.1 Å². The maximum absolute atomic E-state index is 6.68. The Balaban J connectivity index is 1.25. The van der Waals surface area contributed by atoms with Crippen LogP contribution in [0.5, 0.6) is 0 Å². The average Bonchev–Trinajstić information content (AvgIpc) is 3.84. The molecule has 5 heteroatoms. The third-order valence-corrected chi connectivity index (χ3v) is 10.1. The van der Waals surface area contributed by atoms with Gasteiger partial charge in [-0.2, -0.15) is 4.98 Å². The van der Waals surface area contributed by atoms with E-state index in [1.807, 2.05) is 36.4 Å².